The molecule has 170 valence electrons. The van der Waals surface area contributed by atoms with Crippen LogP contribution in [0.1, 0.15) is 49.2 Å². The van der Waals surface area contributed by atoms with Gasteiger partial charge in [0.1, 0.15) is 17.7 Å². The monoisotopic (exact) mass is 476 g/mol. The molecule has 0 aliphatic carbocycles. The molecule has 0 fully saturated rings. The Kier molecular flexibility index (Phi) is 4.35. The van der Waals surface area contributed by atoms with Gasteiger partial charge >= 0.3 is 5.63 Å². The second-order valence-corrected chi connectivity index (χ2v) is 9.62. The molecule has 0 bridgehead atoms. The van der Waals surface area contributed by atoms with E-state index in [1.54, 1.807) is 30.3 Å². The predicted molar refractivity (Wildman–Crippen MR) is 124 cm³/mol. The first-order valence-corrected chi connectivity index (χ1v) is 11.0. The van der Waals surface area contributed by atoms with Gasteiger partial charge in [-0.1, -0.05) is 50.6 Å². The molecule has 0 radical (unpaired) electrons. The van der Waals surface area contributed by atoms with Crippen molar-refractivity contribution in [3.05, 3.63) is 92.6 Å². The minimum absolute atomic E-state index is 0.118. The molecule has 34 heavy (non-hydrogen) atoms. The number of rotatable bonds is 1. The van der Waals surface area contributed by atoms with Crippen LogP contribution in [-0.4, -0.2) is 19.6 Å². The Morgan fingerprint density at radius 1 is 1.06 bits per heavy atom. The van der Waals surface area contributed by atoms with Gasteiger partial charge in [-0.2, -0.15) is 0 Å². The van der Waals surface area contributed by atoms with Gasteiger partial charge in [0.15, 0.2) is 17.2 Å². The first kappa shape index (κ1) is 20.8. The molecule has 1 atom stereocenters. The van der Waals surface area contributed by atoms with E-state index in [0.717, 1.165) is 0 Å². The summed E-state index contributed by atoms with van der Waals surface area (Å²) in [4.78, 5) is 22.5. The van der Waals surface area contributed by atoms with Gasteiger partial charge in [0.05, 0.1) is 22.4 Å². The third-order valence-electron chi connectivity index (χ3n) is 5.92. The SMILES string of the molecule is CC(C)(C)c1nc2c3c(ncn2n1)Oc1c(c(=O)oc2ccccc12)C3c1c(F)cccc1Cl. The molecule has 1 aliphatic rings. The molecule has 0 N–H and O–H groups in total. The van der Waals surface area contributed by atoms with E-state index in [1.165, 1.54) is 23.0 Å². The maximum absolute atomic E-state index is 15.3. The topological polar surface area (TPSA) is 82.5 Å². The molecule has 2 aromatic carbocycles. The van der Waals surface area contributed by atoms with Crippen LogP contribution < -0.4 is 10.4 Å². The van der Waals surface area contributed by atoms with Crippen molar-refractivity contribution < 1.29 is 13.5 Å². The first-order chi connectivity index (χ1) is 16.2. The van der Waals surface area contributed by atoms with E-state index >= 15 is 4.39 Å². The van der Waals surface area contributed by atoms with E-state index in [0.29, 0.717) is 28.0 Å². The zero-order valence-electron chi connectivity index (χ0n) is 18.5. The van der Waals surface area contributed by atoms with Gasteiger partial charge in [-0.3, -0.25) is 0 Å². The number of hydrogen-bond donors (Lipinski definition) is 0. The maximum Gasteiger partial charge on any atom is 0.344 e. The Morgan fingerprint density at radius 2 is 1.85 bits per heavy atom. The molecule has 1 aliphatic heterocycles. The van der Waals surface area contributed by atoms with Crippen LogP contribution >= 0.6 is 11.6 Å². The van der Waals surface area contributed by atoms with Crippen molar-refractivity contribution in [1.82, 2.24) is 19.6 Å². The van der Waals surface area contributed by atoms with E-state index in [4.69, 9.17) is 25.7 Å². The van der Waals surface area contributed by atoms with Crippen LogP contribution in [0.5, 0.6) is 11.6 Å². The lowest BCUT2D eigenvalue weighted by atomic mass is 9.83. The van der Waals surface area contributed by atoms with Crippen molar-refractivity contribution in [1.29, 1.82) is 0 Å². The third kappa shape index (κ3) is 2.95. The summed E-state index contributed by atoms with van der Waals surface area (Å²) in [5.41, 5.74) is 0.395. The molecule has 0 amide bonds. The van der Waals surface area contributed by atoms with Gasteiger partial charge in [0, 0.05) is 16.0 Å². The smallest absolute Gasteiger partial charge is 0.344 e. The van der Waals surface area contributed by atoms with Gasteiger partial charge in [-0.05, 0) is 24.3 Å². The number of ether oxygens (including phenoxy) is 1. The Hall–Kier alpha value is -3.78. The summed E-state index contributed by atoms with van der Waals surface area (Å²) in [7, 11) is 0. The van der Waals surface area contributed by atoms with E-state index in [1.807, 2.05) is 20.8 Å². The number of fused-ring (bicyclic) bond motifs is 6. The first-order valence-electron chi connectivity index (χ1n) is 10.7. The standard InChI is InChI=1S/C25H18ClFN4O3/c1-25(2,3)24-29-21-19-17(16-13(26)8-6-9-14(16)27)18-20(34-22(19)28-11-31(21)30-24)12-7-4-5-10-15(12)33-23(18)32/h4-11,17H,1-3H3. The number of para-hydroxylation sites is 1. The summed E-state index contributed by atoms with van der Waals surface area (Å²) in [6, 6.07) is 11.4. The lowest BCUT2D eigenvalue weighted by molar-refractivity contribution is 0.420. The number of nitrogens with zero attached hydrogens (tertiary/aromatic N) is 4. The fraction of sp³-hybridized carbons (Fsp3) is 0.200. The predicted octanol–water partition coefficient (Wildman–Crippen LogP) is 5.61. The second-order valence-electron chi connectivity index (χ2n) is 9.22. The molecule has 5 aromatic rings. The van der Waals surface area contributed by atoms with E-state index in [-0.39, 0.29) is 33.2 Å². The van der Waals surface area contributed by atoms with Crippen molar-refractivity contribution in [3.63, 3.8) is 0 Å². The van der Waals surface area contributed by atoms with Crippen LogP contribution in [0.2, 0.25) is 5.02 Å². The quantitative estimate of drug-likeness (QED) is 0.287. The molecule has 0 saturated carbocycles. The van der Waals surface area contributed by atoms with Crippen LogP contribution in [0.4, 0.5) is 4.39 Å². The van der Waals surface area contributed by atoms with Crippen LogP contribution in [0.25, 0.3) is 16.6 Å². The molecule has 9 heteroatoms. The van der Waals surface area contributed by atoms with E-state index in [2.05, 4.69) is 10.1 Å². The van der Waals surface area contributed by atoms with Crippen molar-refractivity contribution in [2.45, 2.75) is 32.1 Å². The molecule has 3 aromatic heterocycles. The van der Waals surface area contributed by atoms with Crippen molar-refractivity contribution in [3.8, 4) is 11.6 Å². The number of halogens is 2. The van der Waals surface area contributed by atoms with Gasteiger partial charge in [0.25, 0.3) is 0 Å². The molecule has 6 rings (SSSR count). The summed E-state index contributed by atoms with van der Waals surface area (Å²) in [5.74, 6) is -0.510. The van der Waals surface area contributed by atoms with Crippen molar-refractivity contribution in [2.24, 2.45) is 0 Å². The number of aromatic nitrogens is 4. The average molecular weight is 477 g/mol. The highest BCUT2D eigenvalue weighted by Crippen LogP contribution is 2.50. The van der Waals surface area contributed by atoms with Crippen molar-refractivity contribution >= 4 is 28.2 Å². The zero-order valence-corrected chi connectivity index (χ0v) is 19.2. The molecule has 0 spiro atoms. The maximum atomic E-state index is 15.3. The molecule has 0 saturated heterocycles. The molecule has 7 nitrogen and oxygen atoms in total. The van der Waals surface area contributed by atoms with Crippen molar-refractivity contribution in [2.75, 3.05) is 0 Å². The highest BCUT2D eigenvalue weighted by molar-refractivity contribution is 6.31. The minimum Gasteiger partial charge on any atom is -0.437 e. The summed E-state index contributed by atoms with van der Waals surface area (Å²) < 4.78 is 28.7. The van der Waals surface area contributed by atoms with Crippen LogP contribution in [0.15, 0.2) is 58.0 Å². The highest BCUT2D eigenvalue weighted by atomic mass is 35.5. The van der Waals surface area contributed by atoms with E-state index < -0.39 is 17.4 Å². The fourth-order valence-corrected chi connectivity index (χ4v) is 4.59. The fourth-order valence-electron chi connectivity index (χ4n) is 4.32. The minimum atomic E-state index is -0.971. The average Bonchev–Trinajstić information content (AvgIpc) is 3.24. The lowest BCUT2D eigenvalue weighted by Gasteiger charge is -2.28. The largest absolute Gasteiger partial charge is 0.437 e. The van der Waals surface area contributed by atoms with Gasteiger partial charge < -0.3 is 9.15 Å². The Bertz CT molecular complexity index is 1670. The van der Waals surface area contributed by atoms with Crippen LogP contribution in [-0.2, 0) is 5.41 Å². The van der Waals surface area contributed by atoms with Gasteiger partial charge in [0.2, 0.25) is 5.88 Å². The molecule has 1 unspecified atom stereocenters. The van der Waals surface area contributed by atoms with Crippen LogP contribution in [0, 0.1) is 5.82 Å². The van der Waals surface area contributed by atoms with Gasteiger partial charge in [-0.25, -0.2) is 23.7 Å². The summed E-state index contributed by atoms with van der Waals surface area (Å²) in [6.45, 7) is 5.96. The Labute approximate surface area is 197 Å². The third-order valence-corrected chi connectivity index (χ3v) is 6.25. The summed E-state index contributed by atoms with van der Waals surface area (Å²) in [6.07, 6.45) is 1.50. The Morgan fingerprint density at radius 3 is 2.62 bits per heavy atom. The number of hydrogen-bond acceptors (Lipinski definition) is 6. The van der Waals surface area contributed by atoms with E-state index in [9.17, 15) is 4.79 Å². The normalized spacial score (nSPS) is 15.3. The number of benzene rings is 2. The molecular weight excluding hydrogens is 459 g/mol. The summed E-state index contributed by atoms with van der Waals surface area (Å²) in [5, 5.41) is 5.28. The van der Waals surface area contributed by atoms with Crippen LogP contribution in [0.3, 0.4) is 0 Å². The molecule has 4 heterocycles. The van der Waals surface area contributed by atoms with Gasteiger partial charge in [-0.15, -0.1) is 5.10 Å². The summed E-state index contributed by atoms with van der Waals surface area (Å²) >= 11 is 6.52. The second kappa shape index (κ2) is 7.11. The lowest BCUT2D eigenvalue weighted by Crippen LogP contribution is -2.23. The highest BCUT2D eigenvalue weighted by Gasteiger charge is 2.40. The Balaban J connectivity index is 1.77. The zero-order chi connectivity index (χ0) is 23.8. The molecular formula is C25H18ClFN4O3.